The van der Waals surface area contributed by atoms with E-state index in [-0.39, 0.29) is 11.8 Å². The van der Waals surface area contributed by atoms with Crippen molar-refractivity contribution in [3.63, 3.8) is 0 Å². The van der Waals surface area contributed by atoms with E-state index in [2.05, 4.69) is 0 Å². The fraction of sp³-hybridized carbons (Fsp3) is 0.800. The summed E-state index contributed by atoms with van der Waals surface area (Å²) < 4.78 is 0. The highest BCUT2D eigenvalue weighted by Crippen LogP contribution is 2.37. The van der Waals surface area contributed by atoms with Crippen LogP contribution in [0.1, 0.15) is 26.7 Å². The molecule has 0 aromatic heterocycles. The van der Waals surface area contributed by atoms with Crippen LogP contribution < -0.4 is 0 Å². The summed E-state index contributed by atoms with van der Waals surface area (Å²) in [5.41, 5.74) is 0. The molecule has 4 atom stereocenters. The summed E-state index contributed by atoms with van der Waals surface area (Å²) in [5.74, 6) is -0.407. The lowest BCUT2D eigenvalue weighted by atomic mass is 10.3. The molecule has 0 aliphatic heterocycles. The fourth-order valence-electron chi connectivity index (χ4n) is 1.33. The topological polar surface area (TPSA) is 74.6 Å². The molecule has 0 radical (unpaired) electrons. The van der Waals surface area contributed by atoms with Crippen LogP contribution in [0.3, 0.4) is 0 Å². The smallest absolute Gasteiger partial charge is 0.306 e. The van der Waals surface area contributed by atoms with Gasteiger partial charge in [0, 0.05) is 0 Å². The molecule has 14 heavy (non-hydrogen) atoms. The molecule has 0 unspecified atom stereocenters. The lowest BCUT2D eigenvalue weighted by Crippen LogP contribution is -1.97. The van der Waals surface area contributed by atoms with Crippen molar-refractivity contribution in [3.05, 3.63) is 0 Å². The molecule has 0 aromatic rings. The molecule has 0 spiro atoms. The minimum atomic E-state index is -0.632. The molecule has 2 aliphatic rings. The molecule has 2 rings (SSSR count). The van der Waals surface area contributed by atoms with Gasteiger partial charge in [0.2, 0.25) is 0 Å². The minimum absolute atomic E-state index is 0.0139. The second-order valence-corrected chi connectivity index (χ2v) is 4.32. The third-order valence-electron chi connectivity index (χ3n) is 2.85. The molecule has 2 saturated carbocycles. The maximum absolute atomic E-state index is 9.97. The van der Waals surface area contributed by atoms with Crippen molar-refractivity contribution in [1.82, 2.24) is 0 Å². The van der Waals surface area contributed by atoms with Gasteiger partial charge in [-0.1, -0.05) is 13.8 Å². The highest BCUT2D eigenvalue weighted by Gasteiger charge is 2.39. The number of carboxylic acids is 2. The van der Waals surface area contributed by atoms with Crippen molar-refractivity contribution < 1.29 is 19.8 Å². The molecule has 2 fully saturated rings. The number of carboxylic acid groups (broad SMARTS) is 2. The first-order chi connectivity index (χ1) is 6.43. The van der Waals surface area contributed by atoms with E-state index < -0.39 is 11.9 Å². The monoisotopic (exact) mass is 200 g/mol. The van der Waals surface area contributed by atoms with Crippen LogP contribution in [0.5, 0.6) is 0 Å². The average molecular weight is 200 g/mol. The molecule has 4 heteroatoms. The molecular weight excluding hydrogens is 184 g/mol. The Morgan fingerprint density at radius 3 is 1.14 bits per heavy atom. The summed E-state index contributed by atoms with van der Waals surface area (Å²) in [6.45, 7) is 3.91. The fourth-order valence-corrected chi connectivity index (χ4v) is 1.33. The summed E-state index contributed by atoms with van der Waals surface area (Å²) in [7, 11) is 0. The highest BCUT2D eigenvalue weighted by atomic mass is 16.4. The number of hydrogen-bond donors (Lipinski definition) is 2. The molecule has 4 nitrogen and oxygen atoms in total. The van der Waals surface area contributed by atoms with Gasteiger partial charge in [-0.05, 0) is 24.7 Å². The van der Waals surface area contributed by atoms with Gasteiger partial charge in [-0.3, -0.25) is 9.59 Å². The van der Waals surface area contributed by atoms with Crippen LogP contribution in [0, 0.1) is 23.7 Å². The van der Waals surface area contributed by atoms with E-state index in [1.165, 1.54) is 0 Å². The van der Waals surface area contributed by atoms with Crippen LogP contribution in [-0.2, 0) is 9.59 Å². The van der Waals surface area contributed by atoms with Crippen molar-refractivity contribution in [2.45, 2.75) is 26.7 Å². The standard InChI is InChI=1S/2C5H8O2/c2*1-3-2-4(3)5(6)7/h2*3-4H,2H2,1H3,(H,6,7)/t2*3-,4+/m10/s1. The van der Waals surface area contributed by atoms with Crippen molar-refractivity contribution in [2.24, 2.45) is 23.7 Å². The van der Waals surface area contributed by atoms with E-state index >= 15 is 0 Å². The van der Waals surface area contributed by atoms with Crippen LogP contribution in [-0.4, -0.2) is 22.2 Å². The van der Waals surface area contributed by atoms with E-state index in [4.69, 9.17) is 10.2 Å². The van der Waals surface area contributed by atoms with Gasteiger partial charge >= 0.3 is 11.9 Å². The van der Waals surface area contributed by atoms with E-state index in [9.17, 15) is 9.59 Å². The third-order valence-corrected chi connectivity index (χ3v) is 2.85. The van der Waals surface area contributed by atoms with Crippen LogP contribution in [0.25, 0.3) is 0 Å². The quantitative estimate of drug-likeness (QED) is 0.707. The Bertz CT molecular complexity index is 223. The van der Waals surface area contributed by atoms with Crippen LogP contribution >= 0.6 is 0 Å². The largest absolute Gasteiger partial charge is 0.481 e. The van der Waals surface area contributed by atoms with Gasteiger partial charge in [0.25, 0.3) is 0 Å². The van der Waals surface area contributed by atoms with Gasteiger partial charge in [0.05, 0.1) is 11.8 Å². The van der Waals surface area contributed by atoms with Gasteiger partial charge in [-0.2, -0.15) is 0 Å². The number of rotatable bonds is 2. The Morgan fingerprint density at radius 2 is 1.14 bits per heavy atom. The third kappa shape index (κ3) is 3.01. The first kappa shape index (κ1) is 11.0. The molecule has 2 N–H and O–H groups in total. The number of hydrogen-bond acceptors (Lipinski definition) is 2. The SMILES string of the molecule is C[C@@H]1C[C@@H]1C(=O)O.C[C@H]1C[C@H]1C(=O)O. The van der Waals surface area contributed by atoms with Crippen LogP contribution in [0.15, 0.2) is 0 Å². The Labute approximate surface area is 82.9 Å². The van der Waals surface area contributed by atoms with Crippen molar-refractivity contribution >= 4 is 11.9 Å². The Balaban J connectivity index is 0.000000140. The van der Waals surface area contributed by atoms with Crippen LogP contribution in [0.2, 0.25) is 0 Å². The van der Waals surface area contributed by atoms with Gasteiger partial charge in [-0.15, -0.1) is 0 Å². The zero-order valence-corrected chi connectivity index (χ0v) is 8.43. The Kier molecular flexibility index (Phi) is 3.13. The maximum atomic E-state index is 9.97. The molecule has 80 valence electrons. The summed E-state index contributed by atoms with van der Waals surface area (Å²) in [6, 6.07) is 0. The van der Waals surface area contributed by atoms with Gasteiger partial charge in [0.15, 0.2) is 0 Å². The highest BCUT2D eigenvalue weighted by molar-refractivity contribution is 5.73. The maximum Gasteiger partial charge on any atom is 0.306 e. The molecular formula is C10H16O4. The molecule has 0 amide bonds. The lowest BCUT2D eigenvalue weighted by molar-refractivity contribution is -0.139. The zero-order valence-electron chi connectivity index (χ0n) is 8.43. The molecule has 0 saturated heterocycles. The molecule has 2 aliphatic carbocycles. The summed E-state index contributed by atoms with van der Waals surface area (Å²) >= 11 is 0. The zero-order chi connectivity index (χ0) is 10.9. The first-order valence-electron chi connectivity index (χ1n) is 4.89. The van der Waals surface area contributed by atoms with E-state index in [1.807, 2.05) is 13.8 Å². The van der Waals surface area contributed by atoms with E-state index in [1.54, 1.807) is 0 Å². The van der Waals surface area contributed by atoms with Crippen LogP contribution in [0.4, 0.5) is 0 Å². The predicted molar refractivity (Wildman–Crippen MR) is 49.8 cm³/mol. The molecule has 0 aromatic carbocycles. The molecule has 0 bridgehead atoms. The molecule has 0 heterocycles. The second kappa shape index (κ2) is 3.98. The predicted octanol–water partition coefficient (Wildman–Crippen LogP) is 1.45. The summed E-state index contributed by atoms with van der Waals surface area (Å²) in [6.07, 6.45) is 1.77. The van der Waals surface area contributed by atoms with Gasteiger partial charge in [0.1, 0.15) is 0 Å². The summed E-state index contributed by atoms with van der Waals surface area (Å²) in [5, 5.41) is 16.4. The van der Waals surface area contributed by atoms with Crippen molar-refractivity contribution in [2.75, 3.05) is 0 Å². The van der Waals surface area contributed by atoms with Gasteiger partial charge in [-0.25, -0.2) is 0 Å². The Morgan fingerprint density at radius 1 is 0.929 bits per heavy atom. The average Bonchev–Trinajstić information content (AvgIpc) is 2.90. The van der Waals surface area contributed by atoms with Crippen molar-refractivity contribution in [3.8, 4) is 0 Å². The Hall–Kier alpha value is -1.06. The number of aliphatic carboxylic acids is 2. The number of carbonyl (C=O) groups is 2. The normalized spacial score (nSPS) is 37.9. The van der Waals surface area contributed by atoms with Crippen molar-refractivity contribution in [1.29, 1.82) is 0 Å². The summed E-state index contributed by atoms with van der Waals surface area (Å²) in [4.78, 5) is 19.9. The first-order valence-corrected chi connectivity index (χ1v) is 4.89. The second-order valence-electron chi connectivity index (χ2n) is 4.32. The van der Waals surface area contributed by atoms with E-state index in [0.29, 0.717) is 11.8 Å². The minimum Gasteiger partial charge on any atom is -0.481 e. The van der Waals surface area contributed by atoms with Gasteiger partial charge < -0.3 is 10.2 Å². The van der Waals surface area contributed by atoms with E-state index in [0.717, 1.165) is 12.8 Å². The lowest BCUT2D eigenvalue weighted by Gasteiger charge is -1.79.